The van der Waals surface area contributed by atoms with E-state index in [9.17, 15) is 43.2 Å². The highest BCUT2D eigenvalue weighted by Crippen LogP contribution is 2.45. The molecule has 574 valence electrons. The minimum absolute atomic E-state index is 0.0650. The summed E-state index contributed by atoms with van der Waals surface area (Å²) in [5, 5.41) is 10.6. The first-order valence-electron chi connectivity index (χ1n) is 38.8. The molecule has 0 radical (unpaired) electrons. The highest BCUT2D eigenvalue weighted by molar-refractivity contribution is 7.47. The lowest BCUT2D eigenvalue weighted by molar-refractivity contribution is -0.161. The van der Waals surface area contributed by atoms with Gasteiger partial charge >= 0.3 is 39.5 Å². The fraction of sp³-hybridized carbons (Fsp3) is 0.704. The molecule has 5 unspecified atom stereocenters. The van der Waals surface area contributed by atoms with Crippen molar-refractivity contribution in [1.29, 1.82) is 0 Å². The Bertz CT molecular complexity index is 2370. The van der Waals surface area contributed by atoms with Crippen LogP contribution in [-0.2, 0) is 65.4 Å². The minimum Gasteiger partial charge on any atom is -0.462 e. The first kappa shape index (κ1) is 95.5. The number of phosphoric ester groups is 2. The van der Waals surface area contributed by atoms with Crippen LogP contribution >= 0.6 is 15.6 Å². The van der Waals surface area contributed by atoms with Crippen LogP contribution in [-0.4, -0.2) is 96.7 Å². The Morgan fingerprint density at radius 3 is 0.850 bits per heavy atom. The Morgan fingerprint density at radius 1 is 0.290 bits per heavy atom. The quantitative estimate of drug-likeness (QED) is 0.0169. The molecule has 100 heavy (non-hydrogen) atoms. The maximum absolute atomic E-state index is 13.1. The lowest BCUT2D eigenvalue weighted by Crippen LogP contribution is -2.30. The molecule has 0 fully saturated rings. The zero-order valence-corrected chi connectivity index (χ0v) is 64.4. The van der Waals surface area contributed by atoms with E-state index < -0.39 is 97.5 Å². The Hall–Kier alpha value is -4.54. The zero-order valence-electron chi connectivity index (χ0n) is 62.6. The summed E-state index contributed by atoms with van der Waals surface area (Å²) in [4.78, 5) is 72.9. The molecule has 19 heteroatoms. The maximum atomic E-state index is 13.1. The van der Waals surface area contributed by atoms with Gasteiger partial charge in [0.05, 0.1) is 26.4 Å². The lowest BCUT2D eigenvalue weighted by atomic mass is 10.1. The predicted octanol–water partition coefficient (Wildman–Crippen LogP) is 22.3. The normalized spacial score (nSPS) is 14.6. The van der Waals surface area contributed by atoms with E-state index in [2.05, 4.69) is 149 Å². The van der Waals surface area contributed by atoms with Crippen LogP contribution in [0, 0.1) is 0 Å². The van der Waals surface area contributed by atoms with E-state index in [1.54, 1.807) is 0 Å². The summed E-state index contributed by atoms with van der Waals surface area (Å²) in [6, 6.07) is 0. The van der Waals surface area contributed by atoms with Crippen molar-refractivity contribution in [2.45, 2.75) is 329 Å². The van der Waals surface area contributed by atoms with Gasteiger partial charge in [0.2, 0.25) is 0 Å². The molecule has 0 bridgehead atoms. The van der Waals surface area contributed by atoms with Gasteiger partial charge in [-0.1, -0.05) is 258 Å². The number of hydrogen-bond acceptors (Lipinski definition) is 15. The molecule has 3 N–H and O–H groups in total. The smallest absolute Gasteiger partial charge is 0.462 e. The molecule has 0 spiro atoms. The summed E-state index contributed by atoms with van der Waals surface area (Å²) in [6.45, 7) is 4.53. The number of allylic oxidation sites excluding steroid dienone is 20. The third kappa shape index (κ3) is 71.8. The van der Waals surface area contributed by atoms with Crippen molar-refractivity contribution in [1.82, 2.24) is 0 Å². The van der Waals surface area contributed by atoms with Gasteiger partial charge in [0, 0.05) is 25.7 Å². The van der Waals surface area contributed by atoms with Gasteiger partial charge in [-0.25, -0.2) is 9.13 Å². The third-order valence-corrected chi connectivity index (χ3v) is 17.8. The second-order valence-corrected chi connectivity index (χ2v) is 28.4. The molecule has 0 aliphatic heterocycles. The molecule has 0 saturated heterocycles. The van der Waals surface area contributed by atoms with E-state index in [1.807, 2.05) is 0 Å². The van der Waals surface area contributed by atoms with E-state index in [-0.39, 0.29) is 25.7 Å². The first-order chi connectivity index (χ1) is 48.7. The van der Waals surface area contributed by atoms with Gasteiger partial charge in [0.25, 0.3) is 0 Å². The van der Waals surface area contributed by atoms with Crippen molar-refractivity contribution in [2.24, 2.45) is 0 Å². The van der Waals surface area contributed by atoms with E-state index >= 15 is 0 Å². The fourth-order valence-electron chi connectivity index (χ4n) is 10.0. The van der Waals surface area contributed by atoms with Crippen LogP contribution in [0.2, 0.25) is 0 Å². The Kier molecular flexibility index (Phi) is 69.5. The molecule has 5 atom stereocenters. The van der Waals surface area contributed by atoms with Crippen molar-refractivity contribution >= 4 is 39.5 Å². The molecule has 17 nitrogen and oxygen atoms in total. The number of esters is 4. The van der Waals surface area contributed by atoms with Crippen LogP contribution in [0.1, 0.15) is 310 Å². The number of ether oxygens (including phenoxy) is 4. The summed E-state index contributed by atoms with van der Waals surface area (Å²) in [5.74, 6) is -2.25. The largest absolute Gasteiger partial charge is 0.472 e. The van der Waals surface area contributed by atoms with Crippen LogP contribution in [0.15, 0.2) is 122 Å². The second kappa shape index (κ2) is 72.8. The number of rotatable bonds is 72. The van der Waals surface area contributed by atoms with Gasteiger partial charge in [0.1, 0.15) is 19.3 Å². The summed E-state index contributed by atoms with van der Waals surface area (Å²) < 4.78 is 68.4. The van der Waals surface area contributed by atoms with Crippen molar-refractivity contribution < 1.29 is 80.2 Å². The van der Waals surface area contributed by atoms with E-state index in [0.717, 1.165) is 180 Å². The Labute approximate surface area is 606 Å². The number of unbranched alkanes of at least 4 members (excludes halogenated alkanes) is 26. The molecular formula is C81H138O17P2. The van der Waals surface area contributed by atoms with E-state index in [1.165, 1.54) is 51.4 Å². The summed E-state index contributed by atoms with van der Waals surface area (Å²) in [7, 11) is -9.97. The van der Waals surface area contributed by atoms with Crippen LogP contribution < -0.4 is 0 Å². The van der Waals surface area contributed by atoms with Gasteiger partial charge in [-0.3, -0.25) is 37.3 Å². The lowest BCUT2D eigenvalue weighted by Gasteiger charge is -2.21. The standard InChI is InChI=1S/C81H138O17P2/c1-5-9-13-17-21-25-29-32-35-36-37-38-41-43-47-50-54-58-62-66-79(84)92-72-77(98-81(86)68-64-60-56-52-48-44-40-34-31-27-23-19-15-11-7-3)74-96-100(89,90)94-70-75(82)69-93-99(87,88)95-73-76(97-80(85)67-63-59-55-51-45-28-24-20-16-12-8-4)71-91-78(83)65-61-57-53-49-46-42-39-33-30-26-22-18-14-10-6-2/h9,11,13,15,20-21,23-25,27,32-35,37-40,43,47,75-77,82H,5-8,10,12,14,16-19,22,26,28-31,36,41-42,44-46,48-74H2,1-4H3,(H,87,88)(H,89,90)/b13-9-,15-11-,24-20-,25-21-,27-23-,35-32-,38-37-,39-33-,40-34-,47-43-. The van der Waals surface area contributed by atoms with Crippen LogP contribution in [0.3, 0.4) is 0 Å². The van der Waals surface area contributed by atoms with Crippen molar-refractivity contribution in [3.63, 3.8) is 0 Å². The highest BCUT2D eigenvalue weighted by atomic mass is 31.2. The predicted molar refractivity (Wildman–Crippen MR) is 408 cm³/mol. The number of carbonyl (C=O) groups is 4. The van der Waals surface area contributed by atoms with Crippen LogP contribution in [0.5, 0.6) is 0 Å². The topological polar surface area (TPSA) is 237 Å². The molecule has 0 rings (SSSR count). The number of aliphatic hydroxyl groups is 1. The molecule has 0 aromatic heterocycles. The monoisotopic (exact) mass is 1440 g/mol. The summed E-state index contributed by atoms with van der Waals surface area (Å²) in [6.07, 6.45) is 79.0. The molecule has 0 heterocycles. The number of phosphoric acid groups is 2. The fourth-order valence-corrected chi connectivity index (χ4v) is 11.6. The van der Waals surface area contributed by atoms with Gasteiger partial charge in [0.15, 0.2) is 12.2 Å². The van der Waals surface area contributed by atoms with E-state index in [4.69, 9.17) is 37.0 Å². The minimum atomic E-state index is -4.99. The Balaban J connectivity index is 5.38. The molecule has 0 aromatic rings. The van der Waals surface area contributed by atoms with Gasteiger partial charge < -0.3 is 33.8 Å². The van der Waals surface area contributed by atoms with Crippen LogP contribution in [0.25, 0.3) is 0 Å². The van der Waals surface area contributed by atoms with Gasteiger partial charge in [-0.15, -0.1) is 0 Å². The molecule has 0 aliphatic rings. The molecular weight excluding hydrogens is 1310 g/mol. The summed E-state index contributed by atoms with van der Waals surface area (Å²) >= 11 is 0. The van der Waals surface area contributed by atoms with Crippen molar-refractivity contribution in [3.8, 4) is 0 Å². The third-order valence-electron chi connectivity index (χ3n) is 15.9. The van der Waals surface area contributed by atoms with Gasteiger partial charge in [-0.05, 0) is 148 Å². The molecule has 0 aromatic carbocycles. The highest BCUT2D eigenvalue weighted by Gasteiger charge is 2.30. The number of hydrogen-bond donors (Lipinski definition) is 3. The second-order valence-electron chi connectivity index (χ2n) is 25.5. The average molecular weight is 1450 g/mol. The van der Waals surface area contributed by atoms with Crippen molar-refractivity contribution in [2.75, 3.05) is 39.6 Å². The average Bonchev–Trinajstić information content (AvgIpc) is 0.985. The zero-order chi connectivity index (χ0) is 73.2. The molecule has 0 aliphatic carbocycles. The molecule has 0 saturated carbocycles. The van der Waals surface area contributed by atoms with Crippen molar-refractivity contribution in [3.05, 3.63) is 122 Å². The number of aliphatic hydroxyl groups excluding tert-OH is 1. The number of carbonyl (C=O) groups excluding carboxylic acids is 4. The van der Waals surface area contributed by atoms with E-state index in [0.29, 0.717) is 25.7 Å². The Morgan fingerprint density at radius 2 is 0.530 bits per heavy atom. The summed E-state index contributed by atoms with van der Waals surface area (Å²) in [5.41, 5.74) is 0. The first-order valence-corrected chi connectivity index (χ1v) is 41.8. The SMILES string of the molecule is CC/C=C\C/C=C\C/C=C\C/C=C\C/C=C\CCCCCC(=O)OCC(COP(=O)(O)OCC(O)COP(=O)(O)OCC(COC(=O)CCCCCCC/C=C\CCCCCCCC)OC(=O)CCCCCCC/C=C\CCCC)OC(=O)CCCCCCC/C=C\C/C=C\C/C=C\CC. The molecule has 0 amide bonds. The van der Waals surface area contributed by atoms with Crippen LogP contribution in [0.4, 0.5) is 0 Å². The maximum Gasteiger partial charge on any atom is 0.472 e. The van der Waals surface area contributed by atoms with Gasteiger partial charge in [-0.2, -0.15) is 0 Å².